The maximum atomic E-state index is 5.30. The molecule has 5 nitrogen and oxygen atoms in total. The van der Waals surface area contributed by atoms with E-state index in [-0.39, 0.29) is 12.2 Å². The van der Waals surface area contributed by atoms with Crippen molar-refractivity contribution in [2.24, 2.45) is 9.98 Å². The standard InChI is InChI=1S/C52H35N5S/c1-4-14-32(15-5-1)49-40-27-29-45-48(47(40)38-21-10-12-22-42(38)53-49)39-26-24-35(31-46(39)58-45)52-55-50(33-16-6-2-7-17-33)54-51(56-52)34-25-28-44-41(30-34)37-20-11-13-23-43(37)57(44)36-18-8-3-9-19-36/h1-31,49-50,53H,(H,54,55,56). The summed E-state index contributed by atoms with van der Waals surface area (Å²) in [5, 5.41) is 12.5. The van der Waals surface area contributed by atoms with Crippen molar-refractivity contribution in [1.29, 1.82) is 0 Å². The molecule has 4 heterocycles. The van der Waals surface area contributed by atoms with E-state index in [0.29, 0.717) is 0 Å². The van der Waals surface area contributed by atoms with E-state index in [2.05, 4.69) is 197 Å². The van der Waals surface area contributed by atoms with Gasteiger partial charge in [-0.05, 0) is 76.9 Å². The van der Waals surface area contributed by atoms with Crippen molar-refractivity contribution in [2.75, 3.05) is 5.32 Å². The number of benzene rings is 8. The first-order chi connectivity index (χ1) is 28.7. The van der Waals surface area contributed by atoms with Crippen molar-refractivity contribution in [1.82, 2.24) is 9.88 Å². The number of fused-ring (bicyclic) bond motifs is 10. The summed E-state index contributed by atoms with van der Waals surface area (Å²) in [5.41, 5.74) is 12.9. The van der Waals surface area contributed by atoms with Crippen LogP contribution in [0.2, 0.25) is 0 Å². The van der Waals surface area contributed by atoms with Gasteiger partial charge in [0.05, 0.1) is 17.1 Å². The van der Waals surface area contributed by atoms with Crippen LogP contribution in [0.3, 0.4) is 0 Å². The third-order valence-electron chi connectivity index (χ3n) is 11.7. The Balaban J connectivity index is 1.01. The summed E-state index contributed by atoms with van der Waals surface area (Å²) in [6.07, 6.45) is -0.297. The fourth-order valence-corrected chi connectivity index (χ4v) is 10.2. The zero-order chi connectivity index (χ0) is 38.2. The second-order valence-corrected chi connectivity index (χ2v) is 16.1. The highest BCUT2D eigenvalue weighted by molar-refractivity contribution is 7.26. The number of rotatable bonds is 5. The fraction of sp³-hybridized carbons (Fsp3) is 0.0385. The number of hydrogen-bond donors (Lipinski definition) is 2. The molecule has 0 amide bonds. The van der Waals surface area contributed by atoms with Crippen LogP contribution in [0, 0.1) is 0 Å². The van der Waals surface area contributed by atoms with E-state index in [9.17, 15) is 0 Å². The number of nitrogens with one attached hydrogen (secondary N) is 2. The normalized spacial score (nSPS) is 16.1. The van der Waals surface area contributed by atoms with Gasteiger partial charge in [-0.3, -0.25) is 0 Å². The van der Waals surface area contributed by atoms with Gasteiger partial charge in [-0.15, -0.1) is 11.3 Å². The zero-order valence-corrected chi connectivity index (χ0v) is 32.1. The van der Waals surface area contributed by atoms with E-state index in [0.717, 1.165) is 45.3 Å². The smallest absolute Gasteiger partial charge is 0.159 e. The molecule has 0 fully saturated rings. The minimum absolute atomic E-state index is 0.0607. The van der Waals surface area contributed by atoms with E-state index >= 15 is 0 Å². The Kier molecular flexibility index (Phi) is 7.46. The molecule has 58 heavy (non-hydrogen) atoms. The molecule has 0 radical (unpaired) electrons. The largest absolute Gasteiger partial charge is 0.374 e. The summed E-state index contributed by atoms with van der Waals surface area (Å²) in [4.78, 5) is 10.6. The molecule has 0 saturated heterocycles. The van der Waals surface area contributed by atoms with Gasteiger partial charge in [0.1, 0.15) is 12.0 Å². The van der Waals surface area contributed by atoms with Crippen LogP contribution in [-0.2, 0) is 0 Å². The van der Waals surface area contributed by atoms with Gasteiger partial charge in [-0.1, -0.05) is 133 Å². The Labute approximate surface area is 339 Å². The molecule has 2 N–H and O–H groups in total. The van der Waals surface area contributed by atoms with Crippen LogP contribution in [0.25, 0.3) is 58.8 Å². The Morgan fingerprint density at radius 1 is 0.517 bits per heavy atom. The summed E-state index contributed by atoms with van der Waals surface area (Å²) in [7, 11) is 0. The summed E-state index contributed by atoms with van der Waals surface area (Å²) in [5.74, 6) is 1.52. The molecule has 0 saturated carbocycles. The monoisotopic (exact) mass is 761 g/mol. The van der Waals surface area contributed by atoms with Gasteiger partial charge in [0.25, 0.3) is 0 Å². The Morgan fingerprint density at radius 3 is 2.07 bits per heavy atom. The highest BCUT2D eigenvalue weighted by Gasteiger charge is 2.29. The van der Waals surface area contributed by atoms with Gasteiger partial charge < -0.3 is 15.2 Å². The number of nitrogens with zero attached hydrogens (tertiary/aromatic N) is 3. The van der Waals surface area contributed by atoms with E-state index in [4.69, 9.17) is 9.98 Å². The molecule has 0 bridgehead atoms. The molecule has 274 valence electrons. The molecule has 12 rings (SSSR count). The van der Waals surface area contributed by atoms with Crippen molar-refractivity contribution in [3.63, 3.8) is 0 Å². The second-order valence-electron chi connectivity index (χ2n) is 15.0. The van der Waals surface area contributed by atoms with Crippen molar-refractivity contribution in [3.8, 4) is 16.8 Å². The highest BCUT2D eigenvalue weighted by Crippen LogP contribution is 2.50. The molecule has 6 heteroatoms. The second kappa shape index (κ2) is 13.2. The minimum Gasteiger partial charge on any atom is -0.374 e. The Bertz CT molecular complexity index is 3290. The number of hydrogen-bond acceptors (Lipinski definition) is 5. The summed E-state index contributed by atoms with van der Waals surface area (Å²) < 4.78 is 4.84. The molecule has 2 aliphatic rings. The predicted molar refractivity (Wildman–Crippen MR) is 243 cm³/mol. The maximum Gasteiger partial charge on any atom is 0.159 e. The minimum atomic E-state index is -0.297. The van der Waals surface area contributed by atoms with E-state index < -0.39 is 0 Å². The first kappa shape index (κ1) is 32.9. The van der Waals surface area contributed by atoms with Crippen molar-refractivity contribution >= 4 is 70.7 Å². The highest BCUT2D eigenvalue weighted by atomic mass is 32.1. The molecule has 2 aromatic heterocycles. The summed E-state index contributed by atoms with van der Waals surface area (Å²) >= 11 is 1.84. The lowest BCUT2D eigenvalue weighted by molar-refractivity contribution is 0.674. The SMILES string of the molecule is c1ccc(C2N=C(c3ccc4c(c3)sc3ccc5c(c34)-c3ccccc3NC5c3ccccc3)N=C(c3ccc4c(c3)c3ccccc3n4-c3ccccc3)N2)cc1. The van der Waals surface area contributed by atoms with Gasteiger partial charge >= 0.3 is 0 Å². The number of amidine groups is 2. The molecule has 2 atom stereocenters. The Morgan fingerprint density at radius 2 is 1.22 bits per heavy atom. The average molecular weight is 762 g/mol. The molecule has 2 unspecified atom stereocenters. The molecule has 8 aromatic carbocycles. The molecule has 0 aliphatic carbocycles. The molecular weight excluding hydrogens is 727 g/mol. The van der Waals surface area contributed by atoms with Crippen LogP contribution in [-0.4, -0.2) is 16.2 Å². The zero-order valence-electron chi connectivity index (χ0n) is 31.3. The van der Waals surface area contributed by atoms with Crippen molar-refractivity contribution in [3.05, 3.63) is 216 Å². The topological polar surface area (TPSA) is 53.7 Å². The van der Waals surface area contributed by atoms with Crippen molar-refractivity contribution in [2.45, 2.75) is 12.2 Å². The van der Waals surface area contributed by atoms with Crippen LogP contribution in [0.15, 0.2) is 198 Å². The van der Waals surface area contributed by atoms with E-state index in [1.807, 2.05) is 17.4 Å². The van der Waals surface area contributed by atoms with Crippen LogP contribution in [0.5, 0.6) is 0 Å². The molecular formula is C52H35N5S. The van der Waals surface area contributed by atoms with E-state index in [1.54, 1.807) is 0 Å². The fourth-order valence-electron chi connectivity index (χ4n) is 9.03. The van der Waals surface area contributed by atoms with Crippen LogP contribution in [0.4, 0.5) is 5.69 Å². The molecule has 0 spiro atoms. The maximum absolute atomic E-state index is 5.30. The summed E-state index contributed by atoms with van der Waals surface area (Å²) in [6, 6.07) is 67.3. The predicted octanol–water partition coefficient (Wildman–Crippen LogP) is 12.8. The number of aliphatic imine (C=N–C) groups is 2. The number of aromatic nitrogens is 1. The average Bonchev–Trinajstić information content (AvgIpc) is 3.84. The quantitative estimate of drug-likeness (QED) is 0.183. The van der Waals surface area contributed by atoms with Gasteiger partial charge in [0, 0.05) is 59.0 Å². The first-order valence-electron chi connectivity index (χ1n) is 19.7. The van der Waals surface area contributed by atoms with Gasteiger partial charge in [-0.2, -0.15) is 0 Å². The van der Waals surface area contributed by atoms with Gasteiger partial charge in [-0.25, -0.2) is 9.98 Å². The lowest BCUT2D eigenvalue weighted by atomic mass is 9.84. The number of thiophene rings is 1. The van der Waals surface area contributed by atoms with Crippen molar-refractivity contribution < 1.29 is 0 Å². The lowest BCUT2D eigenvalue weighted by Crippen LogP contribution is -2.33. The third kappa shape index (κ3) is 5.22. The lowest BCUT2D eigenvalue weighted by Gasteiger charge is -2.31. The Hall–Kier alpha value is -7.28. The summed E-state index contributed by atoms with van der Waals surface area (Å²) in [6.45, 7) is 0. The molecule has 2 aliphatic heterocycles. The van der Waals surface area contributed by atoms with Crippen LogP contribution >= 0.6 is 11.3 Å². The first-order valence-corrected chi connectivity index (χ1v) is 20.5. The number of anilines is 1. The molecule has 10 aromatic rings. The van der Waals surface area contributed by atoms with Gasteiger partial charge in [0.15, 0.2) is 5.84 Å². The van der Waals surface area contributed by atoms with Gasteiger partial charge in [0.2, 0.25) is 0 Å². The third-order valence-corrected chi connectivity index (χ3v) is 12.8. The van der Waals surface area contributed by atoms with Crippen LogP contribution in [0.1, 0.15) is 40.0 Å². The van der Waals surface area contributed by atoms with E-state index in [1.165, 1.54) is 58.7 Å². The van der Waals surface area contributed by atoms with Crippen LogP contribution < -0.4 is 10.6 Å². The number of para-hydroxylation sites is 3.